The van der Waals surface area contributed by atoms with Crippen LogP contribution in [0.2, 0.25) is 0 Å². The second-order valence-electron chi connectivity index (χ2n) is 7.94. The smallest absolute Gasteiger partial charge is 0.248 e. The Bertz CT molecular complexity index is 1250. The molecular weight excluding hydrogens is 402 g/mol. The van der Waals surface area contributed by atoms with E-state index in [0.29, 0.717) is 29.6 Å². The molecule has 1 aromatic heterocycles. The maximum absolute atomic E-state index is 11.5. The number of anilines is 2. The Balaban J connectivity index is 1.30. The summed E-state index contributed by atoms with van der Waals surface area (Å²) >= 11 is 0. The Kier molecular flexibility index (Phi) is 6.54. The maximum atomic E-state index is 11.5. The van der Waals surface area contributed by atoms with Gasteiger partial charge in [-0.1, -0.05) is 35.9 Å². The summed E-state index contributed by atoms with van der Waals surface area (Å²) in [6.45, 7) is 3.15. The molecule has 32 heavy (non-hydrogen) atoms. The molecule has 5 N–H and O–H groups in total. The number of aromatic nitrogens is 1. The van der Waals surface area contributed by atoms with E-state index < -0.39 is 6.10 Å². The minimum Gasteiger partial charge on any atom is -0.506 e. The van der Waals surface area contributed by atoms with Crippen molar-refractivity contribution in [1.29, 1.82) is 0 Å². The molecule has 1 heterocycles. The van der Waals surface area contributed by atoms with Crippen molar-refractivity contribution in [1.82, 2.24) is 10.3 Å². The van der Waals surface area contributed by atoms with E-state index in [4.69, 9.17) is 0 Å². The van der Waals surface area contributed by atoms with Crippen molar-refractivity contribution in [3.63, 3.8) is 0 Å². The van der Waals surface area contributed by atoms with Crippen molar-refractivity contribution in [2.24, 2.45) is 0 Å². The highest BCUT2D eigenvalue weighted by molar-refractivity contribution is 5.87. The Morgan fingerprint density at radius 3 is 2.31 bits per heavy atom. The lowest BCUT2D eigenvalue weighted by atomic mass is 10.0. The zero-order chi connectivity index (χ0) is 22.5. The second kappa shape index (κ2) is 9.68. The van der Waals surface area contributed by atoms with Crippen molar-refractivity contribution < 1.29 is 10.2 Å². The van der Waals surface area contributed by atoms with Crippen LogP contribution in [0.25, 0.3) is 10.9 Å². The Hall–Kier alpha value is -3.61. The van der Waals surface area contributed by atoms with Gasteiger partial charge in [0.05, 0.1) is 11.6 Å². The van der Waals surface area contributed by atoms with Crippen LogP contribution in [0.4, 0.5) is 11.4 Å². The summed E-state index contributed by atoms with van der Waals surface area (Å²) in [5, 5.41) is 27.9. The molecule has 0 spiro atoms. The quantitative estimate of drug-likeness (QED) is 0.271. The molecule has 3 aromatic carbocycles. The van der Waals surface area contributed by atoms with Crippen LogP contribution < -0.4 is 16.2 Å². The highest BCUT2D eigenvalue weighted by Gasteiger charge is 2.13. The summed E-state index contributed by atoms with van der Waals surface area (Å²) in [6, 6.07) is 22.8. The fraction of sp³-hybridized carbons (Fsp3) is 0.192. The van der Waals surface area contributed by atoms with Gasteiger partial charge in [0.25, 0.3) is 0 Å². The number of fused-ring (bicyclic) bond motifs is 1. The molecule has 0 amide bonds. The second-order valence-corrected chi connectivity index (χ2v) is 7.94. The standard InChI is InChI=1S/C26H27N3O3/c1-17-2-6-19(7-3-17)28-20-8-4-18(5-9-20)14-15-27-16-24(31)21-10-12-23(30)26-22(21)11-13-25(32)29-26/h2-13,24,27-28,30-31H,14-16H2,1H3,(H,29,32). The Labute approximate surface area is 186 Å². The molecule has 0 aliphatic rings. The fourth-order valence-electron chi connectivity index (χ4n) is 3.69. The Morgan fingerprint density at radius 2 is 1.59 bits per heavy atom. The van der Waals surface area contributed by atoms with E-state index >= 15 is 0 Å². The summed E-state index contributed by atoms with van der Waals surface area (Å²) in [4.78, 5) is 14.2. The van der Waals surface area contributed by atoms with Crippen LogP contribution in [0.15, 0.2) is 77.6 Å². The van der Waals surface area contributed by atoms with Crippen molar-refractivity contribution in [3.05, 3.63) is 99.8 Å². The number of phenols is 1. The summed E-state index contributed by atoms with van der Waals surface area (Å²) in [5.41, 5.74) is 5.24. The van der Waals surface area contributed by atoms with Gasteiger partial charge >= 0.3 is 0 Å². The molecular formula is C26H27N3O3. The zero-order valence-corrected chi connectivity index (χ0v) is 17.9. The van der Waals surface area contributed by atoms with Gasteiger partial charge in [-0.25, -0.2) is 0 Å². The van der Waals surface area contributed by atoms with Crippen LogP contribution in [0.3, 0.4) is 0 Å². The van der Waals surface area contributed by atoms with E-state index in [1.165, 1.54) is 23.3 Å². The van der Waals surface area contributed by atoms with Gasteiger partial charge in [0.2, 0.25) is 5.56 Å². The van der Waals surface area contributed by atoms with Crippen molar-refractivity contribution >= 4 is 22.3 Å². The average Bonchev–Trinajstić information content (AvgIpc) is 2.80. The number of hydrogen-bond donors (Lipinski definition) is 5. The monoisotopic (exact) mass is 429 g/mol. The molecule has 1 unspecified atom stereocenters. The van der Waals surface area contributed by atoms with Gasteiger partial charge in [-0.15, -0.1) is 0 Å². The number of H-pyrrole nitrogens is 1. The zero-order valence-electron chi connectivity index (χ0n) is 17.9. The third-order valence-electron chi connectivity index (χ3n) is 5.49. The number of aromatic amines is 1. The van der Waals surface area contributed by atoms with Crippen LogP contribution >= 0.6 is 0 Å². The molecule has 4 rings (SSSR count). The van der Waals surface area contributed by atoms with Crippen molar-refractivity contribution in [3.8, 4) is 5.75 Å². The number of aliphatic hydroxyl groups is 1. The predicted molar refractivity (Wildman–Crippen MR) is 129 cm³/mol. The van der Waals surface area contributed by atoms with E-state index in [1.54, 1.807) is 12.1 Å². The number of nitrogens with one attached hydrogen (secondary N) is 3. The number of pyridine rings is 1. The molecule has 0 saturated carbocycles. The van der Waals surface area contributed by atoms with E-state index in [-0.39, 0.29) is 11.3 Å². The molecule has 1 atom stereocenters. The molecule has 6 heteroatoms. The molecule has 164 valence electrons. The Morgan fingerprint density at radius 1 is 0.906 bits per heavy atom. The minimum absolute atomic E-state index is 0.0121. The van der Waals surface area contributed by atoms with Crippen LogP contribution in [0.5, 0.6) is 5.75 Å². The van der Waals surface area contributed by atoms with Crippen LogP contribution in [0, 0.1) is 6.92 Å². The van der Waals surface area contributed by atoms with E-state index in [1.807, 2.05) is 0 Å². The minimum atomic E-state index is -0.759. The SMILES string of the molecule is Cc1ccc(Nc2ccc(CCNCC(O)c3ccc(O)c4[nH]c(=O)ccc34)cc2)cc1. The molecule has 0 aliphatic heterocycles. The average molecular weight is 430 g/mol. The molecule has 4 aromatic rings. The molecule has 0 fully saturated rings. The molecule has 0 bridgehead atoms. The van der Waals surface area contributed by atoms with Gasteiger partial charge in [-0.05, 0) is 67.4 Å². The summed E-state index contributed by atoms with van der Waals surface area (Å²) in [5.74, 6) is -0.0121. The number of phenolic OH excluding ortho intramolecular Hbond substituents is 1. The number of aromatic hydroxyl groups is 1. The normalized spacial score (nSPS) is 12.1. The van der Waals surface area contributed by atoms with E-state index in [0.717, 1.165) is 17.8 Å². The first kappa shape index (κ1) is 21.6. The largest absolute Gasteiger partial charge is 0.506 e. The molecule has 0 aliphatic carbocycles. The first-order valence-corrected chi connectivity index (χ1v) is 10.7. The summed E-state index contributed by atoms with van der Waals surface area (Å²) in [7, 11) is 0. The molecule has 0 radical (unpaired) electrons. The lowest BCUT2D eigenvalue weighted by Gasteiger charge is -2.15. The lowest BCUT2D eigenvalue weighted by molar-refractivity contribution is 0.176. The third-order valence-corrected chi connectivity index (χ3v) is 5.49. The van der Waals surface area contributed by atoms with E-state index in [9.17, 15) is 15.0 Å². The first-order chi connectivity index (χ1) is 15.5. The number of aryl methyl sites for hydroxylation is 1. The highest BCUT2D eigenvalue weighted by Crippen LogP contribution is 2.28. The lowest BCUT2D eigenvalue weighted by Crippen LogP contribution is -2.24. The highest BCUT2D eigenvalue weighted by atomic mass is 16.3. The van der Waals surface area contributed by atoms with Gasteiger partial charge in [0.1, 0.15) is 5.75 Å². The van der Waals surface area contributed by atoms with Gasteiger partial charge in [-0.3, -0.25) is 4.79 Å². The van der Waals surface area contributed by atoms with Gasteiger partial charge in [0.15, 0.2) is 0 Å². The van der Waals surface area contributed by atoms with Gasteiger partial charge in [0, 0.05) is 29.4 Å². The summed E-state index contributed by atoms with van der Waals surface area (Å²) in [6.07, 6.45) is 0.0753. The predicted octanol–water partition coefficient (Wildman–Crippen LogP) is 4.15. The van der Waals surface area contributed by atoms with Crippen LogP contribution in [0.1, 0.15) is 22.8 Å². The third kappa shape index (κ3) is 5.17. The van der Waals surface area contributed by atoms with Crippen LogP contribution in [-0.2, 0) is 6.42 Å². The topological polar surface area (TPSA) is 97.4 Å². The van der Waals surface area contributed by atoms with E-state index in [2.05, 4.69) is 71.1 Å². The molecule has 0 saturated heterocycles. The van der Waals surface area contributed by atoms with Crippen LogP contribution in [-0.4, -0.2) is 28.3 Å². The van der Waals surface area contributed by atoms with Gasteiger partial charge in [-0.2, -0.15) is 0 Å². The number of hydrogen-bond acceptors (Lipinski definition) is 5. The van der Waals surface area contributed by atoms with Crippen molar-refractivity contribution in [2.45, 2.75) is 19.4 Å². The first-order valence-electron chi connectivity index (χ1n) is 10.7. The summed E-state index contributed by atoms with van der Waals surface area (Å²) < 4.78 is 0. The molecule has 6 nitrogen and oxygen atoms in total. The number of benzene rings is 3. The van der Waals surface area contributed by atoms with Crippen molar-refractivity contribution in [2.75, 3.05) is 18.4 Å². The maximum Gasteiger partial charge on any atom is 0.248 e. The fourth-order valence-corrected chi connectivity index (χ4v) is 3.69. The van der Waals surface area contributed by atoms with Gasteiger partial charge < -0.3 is 25.8 Å². The number of aliphatic hydroxyl groups excluding tert-OH is 1. The number of rotatable bonds is 8.